The number of halogens is 2. The zero-order valence-corrected chi connectivity index (χ0v) is 13.8. The smallest absolute Gasteiger partial charge is 0.395 e. The molecular formula is C18H18F2N2O3. The van der Waals surface area contributed by atoms with Crippen LogP contribution in [0, 0.1) is 0 Å². The van der Waals surface area contributed by atoms with Crippen LogP contribution in [0.3, 0.4) is 0 Å². The fourth-order valence-electron chi connectivity index (χ4n) is 2.62. The molecule has 1 N–H and O–H groups in total. The number of benzene rings is 2. The number of nitrogens with zero attached hydrogens (tertiary/aromatic N) is 1. The molecule has 7 heteroatoms. The predicted molar refractivity (Wildman–Crippen MR) is 88.6 cm³/mol. The van der Waals surface area contributed by atoms with E-state index in [1.54, 1.807) is 24.9 Å². The number of amides is 1. The number of likely N-dealkylation sites (N-methyl/N-ethyl adjacent to an activating group) is 1. The van der Waals surface area contributed by atoms with Crippen molar-refractivity contribution in [2.45, 2.75) is 25.8 Å². The summed E-state index contributed by atoms with van der Waals surface area (Å²) in [5.41, 5.74) is 1.52. The molecule has 0 fully saturated rings. The van der Waals surface area contributed by atoms with Crippen LogP contribution in [-0.2, 0) is 11.3 Å². The van der Waals surface area contributed by atoms with Gasteiger partial charge in [0.25, 0.3) is 0 Å². The largest absolute Gasteiger partial charge is 0.586 e. The summed E-state index contributed by atoms with van der Waals surface area (Å²) >= 11 is 0. The molecule has 1 heterocycles. The molecule has 0 aromatic heterocycles. The summed E-state index contributed by atoms with van der Waals surface area (Å²) in [5, 5.41) is 2.99. The molecule has 132 valence electrons. The Hall–Kier alpha value is -2.83. The number of carbonyl (C=O) groups excluding carboxylic acids is 1. The van der Waals surface area contributed by atoms with Crippen molar-refractivity contribution in [3.05, 3.63) is 54.1 Å². The van der Waals surface area contributed by atoms with Crippen molar-refractivity contribution in [3.8, 4) is 11.5 Å². The lowest BCUT2D eigenvalue weighted by Crippen LogP contribution is -2.38. The highest BCUT2D eigenvalue weighted by molar-refractivity contribution is 5.84. The van der Waals surface area contributed by atoms with Gasteiger partial charge in [0.05, 0.1) is 0 Å². The summed E-state index contributed by atoms with van der Waals surface area (Å²) in [6, 6.07) is 13.4. The molecule has 0 aliphatic carbocycles. The van der Waals surface area contributed by atoms with E-state index in [2.05, 4.69) is 14.8 Å². The van der Waals surface area contributed by atoms with Crippen molar-refractivity contribution in [1.29, 1.82) is 0 Å². The zero-order chi connectivity index (χ0) is 18.0. The second kappa shape index (κ2) is 6.58. The van der Waals surface area contributed by atoms with Crippen LogP contribution >= 0.6 is 0 Å². The number of fused-ring (bicyclic) bond motifs is 1. The van der Waals surface area contributed by atoms with E-state index in [9.17, 15) is 13.6 Å². The third-order valence-corrected chi connectivity index (χ3v) is 3.79. The minimum Gasteiger partial charge on any atom is -0.395 e. The first-order valence-electron chi connectivity index (χ1n) is 7.79. The molecule has 5 nitrogen and oxygen atoms in total. The first kappa shape index (κ1) is 17.0. The van der Waals surface area contributed by atoms with E-state index < -0.39 is 12.3 Å². The number of hydrogen-bond donors (Lipinski definition) is 1. The maximum absolute atomic E-state index is 13.0. The minimum absolute atomic E-state index is 0.0317. The molecule has 1 unspecified atom stereocenters. The number of nitrogens with one attached hydrogen (secondary N) is 1. The molecule has 2 aromatic rings. The molecule has 1 atom stereocenters. The van der Waals surface area contributed by atoms with Gasteiger partial charge in [-0.05, 0) is 24.6 Å². The van der Waals surface area contributed by atoms with Crippen LogP contribution < -0.4 is 14.8 Å². The average Bonchev–Trinajstić information content (AvgIpc) is 2.88. The van der Waals surface area contributed by atoms with Gasteiger partial charge in [-0.3, -0.25) is 4.79 Å². The lowest BCUT2D eigenvalue weighted by Gasteiger charge is -2.23. The SMILES string of the molecule is CC(Nc1ccc2c(c1)OC(F)(F)O2)C(=O)N(C)Cc1ccccc1. The average molecular weight is 348 g/mol. The van der Waals surface area contributed by atoms with Gasteiger partial charge in [0, 0.05) is 25.3 Å². The summed E-state index contributed by atoms with van der Waals surface area (Å²) in [5.74, 6) is -0.213. The molecule has 0 spiro atoms. The lowest BCUT2D eigenvalue weighted by molar-refractivity contribution is -0.286. The van der Waals surface area contributed by atoms with Gasteiger partial charge < -0.3 is 19.7 Å². The molecule has 1 aliphatic rings. The third-order valence-electron chi connectivity index (χ3n) is 3.79. The van der Waals surface area contributed by atoms with Gasteiger partial charge in [-0.1, -0.05) is 30.3 Å². The van der Waals surface area contributed by atoms with Crippen LogP contribution in [0.4, 0.5) is 14.5 Å². The van der Waals surface area contributed by atoms with Crippen molar-refractivity contribution < 1.29 is 23.0 Å². The first-order chi connectivity index (χ1) is 11.8. The number of alkyl halides is 2. The van der Waals surface area contributed by atoms with E-state index in [4.69, 9.17) is 0 Å². The second-order valence-corrected chi connectivity index (χ2v) is 5.87. The highest BCUT2D eigenvalue weighted by Crippen LogP contribution is 2.42. The van der Waals surface area contributed by atoms with E-state index >= 15 is 0 Å². The molecule has 0 radical (unpaired) electrons. The highest BCUT2D eigenvalue weighted by Gasteiger charge is 2.43. The monoisotopic (exact) mass is 348 g/mol. The van der Waals surface area contributed by atoms with Crippen LogP contribution in [-0.4, -0.2) is 30.2 Å². The Morgan fingerprint density at radius 2 is 1.84 bits per heavy atom. The van der Waals surface area contributed by atoms with E-state index in [0.717, 1.165) is 5.56 Å². The van der Waals surface area contributed by atoms with E-state index in [0.29, 0.717) is 12.2 Å². The van der Waals surface area contributed by atoms with Crippen molar-refractivity contribution in [2.24, 2.45) is 0 Å². The summed E-state index contributed by atoms with van der Waals surface area (Å²) in [7, 11) is 1.72. The number of carbonyl (C=O) groups is 1. The lowest BCUT2D eigenvalue weighted by atomic mass is 10.2. The normalized spacial score (nSPS) is 15.5. The highest BCUT2D eigenvalue weighted by atomic mass is 19.3. The van der Waals surface area contributed by atoms with Crippen LogP contribution in [0.25, 0.3) is 0 Å². The van der Waals surface area contributed by atoms with Gasteiger partial charge in [-0.25, -0.2) is 0 Å². The fourth-order valence-corrected chi connectivity index (χ4v) is 2.62. The topological polar surface area (TPSA) is 50.8 Å². The molecule has 0 saturated heterocycles. The quantitative estimate of drug-likeness (QED) is 0.899. The van der Waals surface area contributed by atoms with Crippen LogP contribution in [0.1, 0.15) is 12.5 Å². The standard InChI is InChI=1S/C18H18F2N2O3/c1-12(17(23)22(2)11-13-6-4-3-5-7-13)21-14-8-9-15-16(10-14)25-18(19,20)24-15/h3-10,12,21H,11H2,1-2H3. The molecule has 1 aliphatic heterocycles. The molecular weight excluding hydrogens is 330 g/mol. The Morgan fingerprint density at radius 3 is 2.56 bits per heavy atom. The molecule has 1 amide bonds. The Labute approximate surface area is 144 Å². The maximum Gasteiger partial charge on any atom is 0.586 e. The Balaban J connectivity index is 1.62. The van der Waals surface area contributed by atoms with Crippen molar-refractivity contribution in [2.75, 3.05) is 12.4 Å². The van der Waals surface area contributed by atoms with Crippen LogP contribution in [0.15, 0.2) is 48.5 Å². The number of anilines is 1. The van der Waals surface area contributed by atoms with Crippen LogP contribution in [0.5, 0.6) is 11.5 Å². The van der Waals surface area contributed by atoms with Gasteiger partial charge in [0.2, 0.25) is 5.91 Å². The summed E-state index contributed by atoms with van der Waals surface area (Å²) < 4.78 is 34.9. The van der Waals surface area contributed by atoms with E-state index in [-0.39, 0.29) is 17.4 Å². The molecule has 0 bridgehead atoms. The van der Waals surface area contributed by atoms with Gasteiger partial charge in [-0.15, -0.1) is 8.78 Å². The van der Waals surface area contributed by atoms with Crippen molar-refractivity contribution in [1.82, 2.24) is 4.90 Å². The fraction of sp³-hybridized carbons (Fsp3) is 0.278. The van der Waals surface area contributed by atoms with Crippen molar-refractivity contribution in [3.63, 3.8) is 0 Å². The van der Waals surface area contributed by atoms with E-state index in [1.165, 1.54) is 12.1 Å². The van der Waals surface area contributed by atoms with Gasteiger partial charge >= 0.3 is 6.29 Å². The molecule has 0 saturated carbocycles. The van der Waals surface area contributed by atoms with Crippen LogP contribution in [0.2, 0.25) is 0 Å². The first-order valence-corrected chi connectivity index (χ1v) is 7.79. The number of rotatable bonds is 5. The van der Waals surface area contributed by atoms with E-state index in [1.807, 2.05) is 30.3 Å². The maximum atomic E-state index is 13.0. The summed E-state index contributed by atoms with van der Waals surface area (Å²) in [6.45, 7) is 2.20. The third kappa shape index (κ3) is 3.99. The Morgan fingerprint density at radius 1 is 1.16 bits per heavy atom. The molecule has 2 aromatic carbocycles. The Bertz CT molecular complexity index is 768. The zero-order valence-electron chi connectivity index (χ0n) is 13.8. The van der Waals surface area contributed by atoms with Gasteiger partial charge in [-0.2, -0.15) is 0 Å². The minimum atomic E-state index is -3.65. The second-order valence-electron chi connectivity index (χ2n) is 5.87. The summed E-state index contributed by atoms with van der Waals surface area (Å²) in [6.07, 6.45) is -3.65. The molecule has 3 rings (SSSR count). The van der Waals surface area contributed by atoms with Gasteiger partial charge in [0.15, 0.2) is 11.5 Å². The Kier molecular flexibility index (Phi) is 4.48. The summed E-state index contributed by atoms with van der Waals surface area (Å²) in [4.78, 5) is 14.1. The van der Waals surface area contributed by atoms with Gasteiger partial charge in [0.1, 0.15) is 6.04 Å². The molecule has 25 heavy (non-hydrogen) atoms. The number of hydrogen-bond acceptors (Lipinski definition) is 4. The predicted octanol–water partition coefficient (Wildman–Crippen LogP) is 3.47. The van der Waals surface area contributed by atoms with Crippen molar-refractivity contribution >= 4 is 11.6 Å². The number of ether oxygens (including phenoxy) is 2.